The van der Waals surface area contributed by atoms with Crippen molar-refractivity contribution < 1.29 is 29.6 Å². The van der Waals surface area contributed by atoms with Crippen molar-refractivity contribution in [2.24, 2.45) is 7.05 Å². The third-order valence-corrected chi connectivity index (χ3v) is 10.5. The zero-order chi connectivity index (χ0) is 35.1. The van der Waals surface area contributed by atoms with Crippen molar-refractivity contribution in [3.05, 3.63) is 124 Å². The quantitative estimate of drug-likeness (QED) is 0.132. The van der Waals surface area contributed by atoms with E-state index in [1.165, 1.54) is 16.6 Å². The molecule has 5 nitrogen and oxygen atoms in total. The molecule has 1 aliphatic carbocycles. The summed E-state index contributed by atoms with van der Waals surface area (Å²) < 4.78 is 48.9. The Labute approximate surface area is 286 Å². The van der Waals surface area contributed by atoms with E-state index in [9.17, 15) is 0 Å². The van der Waals surface area contributed by atoms with E-state index in [4.69, 9.17) is 15.2 Å². The van der Waals surface area contributed by atoms with Crippen molar-refractivity contribution in [2.75, 3.05) is 0 Å². The third-order valence-electron chi connectivity index (χ3n) is 9.14. The maximum absolute atomic E-state index is 8.93. The van der Waals surface area contributed by atoms with Gasteiger partial charge < -0.3 is 0 Å². The number of nitrogens with zero attached hydrogens (tertiary/aromatic N) is 4. The summed E-state index contributed by atoms with van der Waals surface area (Å²) in [6.45, 7) is 6.39. The van der Waals surface area contributed by atoms with Gasteiger partial charge in [0, 0.05) is 6.20 Å². The molecule has 3 aromatic heterocycles. The van der Waals surface area contributed by atoms with Gasteiger partial charge in [0.1, 0.15) is 0 Å². The van der Waals surface area contributed by atoms with Crippen molar-refractivity contribution in [1.29, 1.82) is 0 Å². The minimum absolute atomic E-state index is 0.0930. The molecule has 0 fully saturated rings. The van der Waals surface area contributed by atoms with Crippen molar-refractivity contribution in [1.82, 2.24) is 18.7 Å². The molecular formula is C40H36N4OPt-2. The summed E-state index contributed by atoms with van der Waals surface area (Å²) in [6, 6.07) is 26.7. The van der Waals surface area contributed by atoms with Gasteiger partial charge in [-0.05, 0) is 29.2 Å². The van der Waals surface area contributed by atoms with E-state index in [1.54, 1.807) is 10.8 Å². The van der Waals surface area contributed by atoms with E-state index in [0.717, 1.165) is 40.6 Å². The zero-order valence-corrected chi connectivity index (χ0v) is 28.5. The molecule has 0 saturated heterocycles. The number of aromatic nitrogens is 4. The molecule has 1 aliphatic rings. The Bertz CT molecular complexity index is 2560. The fraction of sp³-hybridized carbons (Fsp3) is 0.250. The molecule has 0 amide bonds. The number of ether oxygens (including phenoxy) is 1. The van der Waals surface area contributed by atoms with Crippen LogP contribution in [0.2, 0.25) is 0 Å². The maximum atomic E-state index is 8.93. The predicted molar refractivity (Wildman–Crippen MR) is 181 cm³/mol. The number of hydrogen-bond acceptors (Lipinski definition) is 2. The Hall–Kier alpha value is -4.21. The molecule has 0 N–H and O–H groups in total. The van der Waals surface area contributed by atoms with Crippen LogP contribution in [0, 0.1) is 15.9 Å². The Balaban J connectivity index is 1.28. The summed E-state index contributed by atoms with van der Waals surface area (Å²) in [6.07, 6.45) is 5.97. The third kappa shape index (κ3) is 4.88. The number of benzene rings is 4. The summed E-state index contributed by atoms with van der Waals surface area (Å²) in [5.41, 5.74) is 6.64. The average Bonchev–Trinajstić information content (AvgIpc) is 3.47. The second-order valence-corrected chi connectivity index (χ2v) is 14.1. The molecule has 0 spiro atoms. The first kappa shape index (κ1) is 24.9. The molecule has 234 valence electrons. The molecule has 8 rings (SSSR count). The van der Waals surface area contributed by atoms with E-state index in [0.29, 0.717) is 39.1 Å². The van der Waals surface area contributed by atoms with Gasteiger partial charge in [-0.2, -0.15) is 0 Å². The molecule has 3 heterocycles. The van der Waals surface area contributed by atoms with E-state index < -0.39 is 0 Å². The van der Waals surface area contributed by atoms with Crippen molar-refractivity contribution in [3.63, 3.8) is 0 Å². The smallest absolute Gasteiger partial charge is 0.239 e. The van der Waals surface area contributed by atoms with Gasteiger partial charge in [-0.15, -0.1) is 0 Å². The minimum atomic E-state index is -0.289. The van der Waals surface area contributed by atoms with Crippen LogP contribution in [0.4, 0.5) is 0 Å². The van der Waals surface area contributed by atoms with Crippen molar-refractivity contribution in [3.8, 4) is 17.3 Å². The molecule has 46 heavy (non-hydrogen) atoms. The molecule has 1 atom stereocenters. The molecule has 0 bridgehead atoms. The van der Waals surface area contributed by atoms with Crippen LogP contribution in [0.3, 0.4) is 0 Å². The zero-order valence-electron chi connectivity index (χ0n) is 30.3. The Morgan fingerprint density at radius 3 is 2.54 bits per heavy atom. The summed E-state index contributed by atoms with van der Waals surface area (Å²) in [5.74, 6) is 1.59. The summed E-state index contributed by atoms with van der Waals surface area (Å²) in [4.78, 5) is 4.70. The number of rotatable bonds is 4. The van der Waals surface area contributed by atoms with Gasteiger partial charge >= 0.3 is 202 Å². The van der Waals surface area contributed by atoms with Crippen LogP contribution in [-0.4, -0.2) is 18.7 Å². The standard InChI is InChI=1S/C40H36N4O.Pt/c1-40(2,3)28-21-22-41-39(23-28)44-35-14-8-6-12-31(35)32-20-19-30(25-38(32)44)45-29-18-17-27-11-5-7-13-34(33(27)24-29)43-26-42(4)36-15-9-10-16-37(36)43;/h6,8-10,12,14-23,34H,5,7,11,13H2,1-4H3;/q-2;/i6D,8D,12D,14D;. The van der Waals surface area contributed by atoms with Crippen molar-refractivity contribution in [2.45, 2.75) is 57.9 Å². The van der Waals surface area contributed by atoms with Crippen LogP contribution >= 0.6 is 0 Å². The van der Waals surface area contributed by atoms with E-state index >= 15 is 0 Å². The van der Waals surface area contributed by atoms with Gasteiger partial charge in [0.25, 0.3) is 0 Å². The first-order valence-electron chi connectivity index (χ1n) is 17.7. The average molecular weight is 788 g/mol. The van der Waals surface area contributed by atoms with Crippen LogP contribution in [0.25, 0.3) is 38.7 Å². The molecular weight excluding hydrogens is 748 g/mol. The summed E-state index contributed by atoms with van der Waals surface area (Å²) >= 11 is 2.43. The van der Waals surface area contributed by atoms with E-state index in [2.05, 4.69) is 98.8 Å². The first-order chi connectivity index (χ1) is 23.9. The molecule has 1 unspecified atom stereocenters. The normalized spacial score (nSPS) is 16.6. The SMILES string of the molecule is [2H]c1c([2H])c([2H])c2c(c1[2H])c1ccc(Oc3[c-]c4c(cc3)CCCCC4n3[c](=[Pt])n(C)c4ccccc43)[c-]c1n2-c1cc(C(C)(C)C)ccn1. The van der Waals surface area contributed by atoms with Crippen LogP contribution < -0.4 is 4.74 Å². The topological polar surface area (TPSA) is 36.9 Å². The first-order valence-corrected chi connectivity index (χ1v) is 16.9. The van der Waals surface area contributed by atoms with Gasteiger partial charge in [-0.3, -0.25) is 0 Å². The van der Waals surface area contributed by atoms with E-state index in [-0.39, 0.29) is 35.6 Å². The van der Waals surface area contributed by atoms with Crippen LogP contribution in [0.15, 0.2) is 91.0 Å². The van der Waals surface area contributed by atoms with Gasteiger partial charge in [0.05, 0.1) is 5.48 Å². The molecule has 0 aliphatic heterocycles. The predicted octanol–water partition coefficient (Wildman–Crippen LogP) is 9.56. The molecule has 6 heteroatoms. The Morgan fingerprint density at radius 1 is 0.913 bits per heavy atom. The second-order valence-electron chi connectivity index (χ2n) is 13.1. The van der Waals surface area contributed by atoms with Crippen molar-refractivity contribution >= 4 is 32.8 Å². The Kier molecular flexibility index (Phi) is 6.10. The monoisotopic (exact) mass is 787 g/mol. The van der Waals surface area contributed by atoms with E-state index in [1.807, 2.05) is 30.3 Å². The van der Waals surface area contributed by atoms with Gasteiger partial charge in [-0.25, -0.2) is 4.98 Å². The molecule has 7 aromatic rings. The van der Waals surface area contributed by atoms with Crippen LogP contribution in [-0.2, 0) is 38.2 Å². The van der Waals surface area contributed by atoms with Gasteiger partial charge in [-0.1, -0.05) is 38.9 Å². The van der Waals surface area contributed by atoms with Crippen LogP contribution in [0.1, 0.15) is 68.2 Å². The van der Waals surface area contributed by atoms with Gasteiger partial charge in [0.2, 0.25) is 0 Å². The van der Waals surface area contributed by atoms with Crippen LogP contribution in [0.5, 0.6) is 11.5 Å². The Morgan fingerprint density at radius 2 is 1.70 bits per heavy atom. The number of hydrogen-bond donors (Lipinski definition) is 0. The fourth-order valence-electron chi connectivity index (χ4n) is 6.77. The number of pyridine rings is 1. The second kappa shape index (κ2) is 11.2. The number of aryl methyl sites for hydroxylation is 2. The summed E-state index contributed by atoms with van der Waals surface area (Å²) in [7, 11) is 2.12. The number of para-hydroxylation sites is 3. The van der Waals surface area contributed by atoms with Gasteiger partial charge in [0.15, 0.2) is 0 Å². The minimum Gasteiger partial charge on any atom is -0.239 e. The summed E-state index contributed by atoms with van der Waals surface area (Å²) in [5, 5.41) is 1.08. The number of fused-ring (bicyclic) bond motifs is 5. The fourth-order valence-corrected chi connectivity index (χ4v) is 7.67. The number of imidazole rings is 1. The molecule has 4 aromatic carbocycles. The molecule has 0 radical (unpaired) electrons. The molecule has 0 saturated carbocycles.